The van der Waals surface area contributed by atoms with Crippen LogP contribution in [-0.2, 0) is 5.54 Å². The van der Waals surface area contributed by atoms with Crippen molar-refractivity contribution in [2.45, 2.75) is 17.4 Å². The van der Waals surface area contributed by atoms with Gasteiger partial charge in [-0.2, -0.15) is 0 Å². The lowest BCUT2D eigenvalue weighted by Crippen LogP contribution is -2.38. The number of benzene rings is 1. The molecule has 1 atom stereocenters. The molecule has 6 heteroatoms. The molecule has 5 nitrogen and oxygen atoms in total. The first-order chi connectivity index (χ1) is 10.2. The summed E-state index contributed by atoms with van der Waals surface area (Å²) in [6.45, 7) is 2.12. The lowest BCUT2D eigenvalue weighted by molar-refractivity contribution is 0.327. The number of para-hydroxylation sites is 1. The molecule has 1 unspecified atom stereocenters. The van der Waals surface area contributed by atoms with Crippen LogP contribution in [0.1, 0.15) is 12.6 Å². The van der Waals surface area contributed by atoms with Gasteiger partial charge in [-0.15, -0.1) is 11.8 Å². The second kappa shape index (κ2) is 5.44. The minimum Gasteiger partial charge on any atom is -0.477 e. The highest BCUT2D eigenvalue weighted by molar-refractivity contribution is 7.99. The zero-order valence-corrected chi connectivity index (χ0v) is 13.0. The third-order valence-corrected chi connectivity index (χ3v) is 4.86. The summed E-state index contributed by atoms with van der Waals surface area (Å²) in [5.41, 5.74) is 1.65. The van der Waals surface area contributed by atoms with E-state index >= 15 is 0 Å². The molecular formula is C15H17N3O2S. The smallest absolute Gasteiger partial charge is 0.278 e. The number of nitrogens with one attached hydrogen (secondary N) is 1. The van der Waals surface area contributed by atoms with Crippen LogP contribution in [0.25, 0.3) is 0 Å². The van der Waals surface area contributed by atoms with Crippen LogP contribution in [0.2, 0.25) is 0 Å². The minimum absolute atomic E-state index is 0.300. The summed E-state index contributed by atoms with van der Waals surface area (Å²) in [7, 11) is 3.12. The van der Waals surface area contributed by atoms with E-state index in [2.05, 4.69) is 34.3 Å². The molecule has 21 heavy (non-hydrogen) atoms. The van der Waals surface area contributed by atoms with Gasteiger partial charge in [0.1, 0.15) is 0 Å². The Balaban J connectivity index is 1.97. The number of anilines is 1. The van der Waals surface area contributed by atoms with Crippen LogP contribution >= 0.6 is 11.8 Å². The first-order valence-electron chi connectivity index (χ1n) is 6.62. The minimum atomic E-state index is -0.300. The van der Waals surface area contributed by atoms with Gasteiger partial charge in [0.15, 0.2) is 0 Å². The van der Waals surface area contributed by atoms with Crippen molar-refractivity contribution in [1.82, 2.24) is 9.97 Å². The third kappa shape index (κ3) is 2.51. The first kappa shape index (κ1) is 14.0. The summed E-state index contributed by atoms with van der Waals surface area (Å²) < 4.78 is 10.4. The van der Waals surface area contributed by atoms with Gasteiger partial charge in [-0.1, -0.05) is 12.1 Å². The Kier molecular flexibility index (Phi) is 3.63. The molecule has 0 spiro atoms. The zero-order chi connectivity index (χ0) is 14.9. The van der Waals surface area contributed by atoms with E-state index in [4.69, 9.17) is 9.47 Å². The van der Waals surface area contributed by atoms with E-state index in [0.717, 1.165) is 17.1 Å². The largest absolute Gasteiger partial charge is 0.477 e. The van der Waals surface area contributed by atoms with Crippen LogP contribution < -0.4 is 14.8 Å². The predicted molar refractivity (Wildman–Crippen MR) is 83.3 cm³/mol. The Labute approximate surface area is 128 Å². The molecule has 0 amide bonds. The second-order valence-corrected chi connectivity index (χ2v) is 6.03. The van der Waals surface area contributed by atoms with Gasteiger partial charge in [0, 0.05) is 16.3 Å². The van der Waals surface area contributed by atoms with Crippen LogP contribution in [0.3, 0.4) is 0 Å². The molecule has 2 heterocycles. The van der Waals surface area contributed by atoms with Crippen molar-refractivity contribution in [3.05, 3.63) is 36.2 Å². The topological polar surface area (TPSA) is 56.3 Å². The third-order valence-electron chi connectivity index (χ3n) is 3.48. The van der Waals surface area contributed by atoms with Gasteiger partial charge >= 0.3 is 0 Å². The standard InChI is InChI=1S/C15H17N3O2S/c1-15(9-21-11-7-5-4-6-10(11)18-15)12-8-16-13(19-2)14(17-12)20-3/h4-8,18H,9H2,1-3H3. The zero-order valence-electron chi connectivity index (χ0n) is 12.2. The average Bonchev–Trinajstić information content (AvgIpc) is 2.54. The molecule has 0 saturated heterocycles. The van der Waals surface area contributed by atoms with Crippen LogP contribution in [0.15, 0.2) is 35.4 Å². The van der Waals surface area contributed by atoms with E-state index in [1.165, 1.54) is 4.90 Å². The quantitative estimate of drug-likeness (QED) is 0.941. The van der Waals surface area contributed by atoms with Crippen LogP contribution in [0.5, 0.6) is 11.8 Å². The molecule has 110 valence electrons. The van der Waals surface area contributed by atoms with E-state index in [0.29, 0.717) is 11.8 Å². The molecule has 3 rings (SSSR count). The molecule has 0 radical (unpaired) electrons. The lowest BCUT2D eigenvalue weighted by atomic mass is 10.00. The summed E-state index contributed by atoms with van der Waals surface area (Å²) in [5.74, 6) is 1.67. The number of rotatable bonds is 3. The fourth-order valence-corrected chi connectivity index (χ4v) is 3.40. The van der Waals surface area contributed by atoms with Crippen molar-refractivity contribution in [2.24, 2.45) is 0 Å². The summed E-state index contributed by atoms with van der Waals surface area (Å²) in [5, 5.41) is 3.56. The monoisotopic (exact) mass is 303 g/mol. The number of nitrogens with zero attached hydrogens (tertiary/aromatic N) is 2. The van der Waals surface area contributed by atoms with Gasteiger partial charge in [-0.05, 0) is 19.1 Å². The maximum Gasteiger partial charge on any atom is 0.278 e. The highest BCUT2D eigenvalue weighted by atomic mass is 32.2. The van der Waals surface area contributed by atoms with Crippen molar-refractivity contribution >= 4 is 17.4 Å². The number of thioether (sulfide) groups is 1. The number of methoxy groups -OCH3 is 2. The molecule has 1 aliphatic heterocycles. The molecule has 1 aromatic carbocycles. The van der Waals surface area contributed by atoms with Gasteiger partial charge in [0.25, 0.3) is 11.8 Å². The number of fused-ring (bicyclic) bond motifs is 1. The van der Waals surface area contributed by atoms with Crippen molar-refractivity contribution in [3.63, 3.8) is 0 Å². The highest BCUT2D eigenvalue weighted by Gasteiger charge is 2.34. The van der Waals surface area contributed by atoms with Crippen LogP contribution in [0.4, 0.5) is 5.69 Å². The summed E-state index contributed by atoms with van der Waals surface area (Å²) >= 11 is 1.81. The molecule has 0 aliphatic carbocycles. The molecule has 2 aromatic rings. The first-order valence-corrected chi connectivity index (χ1v) is 7.60. The van der Waals surface area contributed by atoms with Gasteiger partial charge in [0.2, 0.25) is 0 Å². The summed E-state index contributed by atoms with van der Waals surface area (Å²) in [4.78, 5) is 10.1. The number of aromatic nitrogens is 2. The van der Waals surface area contributed by atoms with Gasteiger partial charge < -0.3 is 14.8 Å². The summed E-state index contributed by atoms with van der Waals surface area (Å²) in [6.07, 6.45) is 1.74. The Bertz CT molecular complexity index is 665. The Morgan fingerprint density at radius 1 is 1.19 bits per heavy atom. The van der Waals surface area contributed by atoms with Crippen molar-refractivity contribution < 1.29 is 9.47 Å². The number of hydrogen-bond donors (Lipinski definition) is 1. The molecule has 1 N–H and O–H groups in total. The fourth-order valence-electron chi connectivity index (χ4n) is 2.29. The second-order valence-electron chi connectivity index (χ2n) is 5.02. The van der Waals surface area contributed by atoms with E-state index in [1.54, 1.807) is 20.4 Å². The number of hydrogen-bond acceptors (Lipinski definition) is 6. The fraction of sp³-hybridized carbons (Fsp3) is 0.333. The number of ether oxygens (including phenoxy) is 2. The van der Waals surface area contributed by atoms with Crippen LogP contribution in [-0.4, -0.2) is 29.9 Å². The SMILES string of the molecule is COc1ncc(C2(C)CSc3ccccc3N2)nc1OC. The molecule has 1 aliphatic rings. The van der Waals surface area contributed by atoms with E-state index in [-0.39, 0.29) is 5.54 Å². The molecule has 0 fully saturated rings. The van der Waals surface area contributed by atoms with Crippen molar-refractivity contribution in [3.8, 4) is 11.8 Å². The van der Waals surface area contributed by atoms with Crippen molar-refractivity contribution in [1.29, 1.82) is 0 Å². The van der Waals surface area contributed by atoms with E-state index in [1.807, 2.05) is 23.9 Å². The Morgan fingerprint density at radius 2 is 1.95 bits per heavy atom. The maximum absolute atomic E-state index is 5.25. The Morgan fingerprint density at radius 3 is 2.71 bits per heavy atom. The average molecular weight is 303 g/mol. The normalized spacial score (nSPS) is 20.3. The highest BCUT2D eigenvalue weighted by Crippen LogP contribution is 2.41. The molecule has 0 bridgehead atoms. The van der Waals surface area contributed by atoms with E-state index < -0.39 is 0 Å². The molecule has 1 aromatic heterocycles. The summed E-state index contributed by atoms with van der Waals surface area (Å²) in [6, 6.07) is 8.27. The van der Waals surface area contributed by atoms with Gasteiger partial charge in [-0.25, -0.2) is 9.97 Å². The van der Waals surface area contributed by atoms with Gasteiger partial charge in [-0.3, -0.25) is 0 Å². The van der Waals surface area contributed by atoms with Gasteiger partial charge in [0.05, 0.1) is 31.6 Å². The predicted octanol–water partition coefficient (Wildman–Crippen LogP) is 2.93. The van der Waals surface area contributed by atoms with Crippen LogP contribution in [0, 0.1) is 0 Å². The Hall–Kier alpha value is -1.95. The van der Waals surface area contributed by atoms with E-state index in [9.17, 15) is 0 Å². The molecule has 0 saturated carbocycles. The maximum atomic E-state index is 5.25. The lowest BCUT2D eigenvalue weighted by Gasteiger charge is -2.35. The van der Waals surface area contributed by atoms with Crippen molar-refractivity contribution in [2.75, 3.05) is 25.3 Å². The molecular weight excluding hydrogens is 286 g/mol.